The van der Waals surface area contributed by atoms with Crippen molar-refractivity contribution >= 4 is 32.7 Å². The predicted octanol–water partition coefficient (Wildman–Crippen LogP) is 1.75. The molecule has 0 atom stereocenters. The van der Waals surface area contributed by atoms with Gasteiger partial charge in [-0.3, -0.25) is 0 Å². The lowest BCUT2D eigenvalue weighted by Crippen LogP contribution is -2.22. The highest BCUT2D eigenvalue weighted by Gasteiger charge is 2.16. The molecule has 0 spiro atoms. The molecule has 0 aliphatic rings. The lowest BCUT2D eigenvalue weighted by atomic mass is 10.4. The van der Waals surface area contributed by atoms with E-state index in [0.717, 1.165) is 11.1 Å². The van der Waals surface area contributed by atoms with Crippen molar-refractivity contribution < 1.29 is 8.42 Å². The minimum Gasteiger partial charge on any atom is -0.326 e. The van der Waals surface area contributed by atoms with Gasteiger partial charge in [0, 0.05) is 13.1 Å². The van der Waals surface area contributed by atoms with E-state index >= 15 is 0 Å². The number of hydrogen-bond donors (Lipinski definition) is 2. The SMILES string of the molecule is NCc1csc(S(=O)(=O)NCc2ccsc2)c1. The zero-order valence-corrected chi connectivity index (χ0v) is 11.4. The summed E-state index contributed by atoms with van der Waals surface area (Å²) in [5.74, 6) is 0. The van der Waals surface area contributed by atoms with Crippen molar-refractivity contribution in [3.05, 3.63) is 39.4 Å². The minimum absolute atomic E-state index is 0.313. The molecule has 2 aromatic heterocycles. The molecule has 3 N–H and O–H groups in total. The summed E-state index contributed by atoms with van der Waals surface area (Å²) in [6.07, 6.45) is 0. The number of sulfonamides is 1. The van der Waals surface area contributed by atoms with Gasteiger partial charge in [-0.1, -0.05) is 0 Å². The van der Waals surface area contributed by atoms with Crippen molar-refractivity contribution in [2.75, 3.05) is 0 Å². The Morgan fingerprint density at radius 2 is 2.12 bits per heavy atom. The zero-order valence-electron chi connectivity index (χ0n) is 8.92. The van der Waals surface area contributed by atoms with Gasteiger partial charge in [-0.05, 0) is 39.4 Å². The number of nitrogens with one attached hydrogen (secondary N) is 1. The molecule has 17 heavy (non-hydrogen) atoms. The van der Waals surface area contributed by atoms with Gasteiger partial charge in [-0.15, -0.1) is 11.3 Å². The third-order valence-corrected chi connectivity index (χ3v) is 5.80. The van der Waals surface area contributed by atoms with Gasteiger partial charge in [-0.2, -0.15) is 11.3 Å². The van der Waals surface area contributed by atoms with Crippen LogP contribution in [0, 0.1) is 0 Å². The molecule has 0 aliphatic heterocycles. The molecule has 7 heteroatoms. The molecule has 0 saturated heterocycles. The quantitative estimate of drug-likeness (QED) is 0.880. The Balaban J connectivity index is 2.08. The first-order valence-corrected chi connectivity index (χ1v) is 8.20. The van der Waals surface area contributed by atoms with Gasteiger partial charge in [0.2, 0.25) is 10.0 Å². The first-order valence-electron chi connectivity index (χ1n) is 4.90. The second-order valence-electron chi connectivity index (χ2n) is 3.43. The van der Waals surface area contributed by atoms with Crippen LogP contribution in [-0.4, -0.2) is 8.42 Å². The average molecular weight is 288 g/mol. The number of nitrogens with two attached hydrogens (primary N) is 1. The van der Waals surface area contributed by atoms with Crippen LogP contribution in [0.4, 0.5) is 0 Å². The van der Waals surface area contributed by atoms with E-state index in [2.05, 4.69) is 4.72 Å². The molecule has 4 nitrogen and oxygen atoms in total. The van der Waals surface area contributed by atoms with Gasteiger partial charge >= 0.3 is 0 Å². The Morgan fingerprint density at radius 1 is 1.29 bits per heavy atom. The Bertz CT molecular complexity index is 572. The van der Waals surface area contributed by atoms with E-state index in [1.54, 1.807) is 22.8 Å². The first-order chi connectivity index (χ1) is 8.12. The molecule has 2 heterocycles. The normalized spacial score (nSPS) is 11.8. The van der Waals surface area contributed by atoms with E-state index in [-0.39, 0.29) is 0 Å². The van der Waals surface area contributed by atoms with Crippen molar-refractivity contribution in [1.29, 1.82) is 0 Å². The van der Waals surface area contributed by atoms with Crippen LogP contribution in [-0.2, 0) is 23.1 Å². The Morgan fingerprint density at radius 3 is 2.71 bits per heavy atom. The maximum Gasteiger partial charge on any atom is 0.250 e. The predicted molar refractivity (Wildman–Crippen MR) is 70.6 cm³/mol. The number of thiophene rings is 2. The second kappa shape index (κ2) is 5.28. The smallest absolute Gasteiger partial charge is 0.250 e. The fraction of sp³-hybridized carbons (Fsp3) is 0.200. The molecular formula is C10H12N2O2S3. The molecule has 0 radical (unpaired) electrons. The van der Waals surface area contributed by atoms with Gasteiger partial charge in [0.05, 0.1) is 0 Å². The van der Waals surface area contributed by atoms with Crippen molar-refractivity contribution in [2.45, 2.75) is 17.3 Å². The van der Waals surface area contributed by atoms with Gasteiger partial charge in [0.1, 0.15) is 4.21 Å². The molecular weight excluding hydrogens is 276 g/mol. The topological polar surface area (TPSA) is 72.2 Å². The summed E-state index contributed by atoms with van der Waals surface area (Å²) in [5.41, 5.74) is 7.26. The van der Waals surface area contributed by atoms with Crippen LogP contribution in [0.5, 0.6) is 0 Å². The monoisotopic (exact) mass is 288 g/mol. The van der Waals surface area contributed by atoms with Gasteiger partial charge in [-0.25, -0.2) is 13.1 Å². The zero-order chi connectivity index (χ0) is 12.3. The number of rotatable bonds is 5. The van der Waals surface area contributed by atoms with E-state index in [4.69, 9.17) is 5.73 Å². The molecule has 0 fully saturated rings. The van der Waals surface area contributed by atoms with Crippen molar-refractivity contribution in [3.8, 4) is 0 Å². The molecule has 0 aromatic carbocycles. The van der Waals surface area contributed by atoms with E-state index in [1.807, 2.05) is 16.8 Å². The van der Waals surface area contributed by atoms with Crippen molar-refractivity contribution in [3.63, 3.8) is 0 Å². The highest BCUT2D eigenvalue weighted by atomic mass is 32.2. The largest absolute Gasteiger partial charge is 0.326 e. The Hall–Kier alpha value is -0.730. The summed E-state index contributed by atoms with van der Waals surface area (Å²) in [6, 6.07) is 3.51. The van der Waals surface area contributed by atoms with E-state index in [0.29, 0.717) is 17.3 Å². The molecule has 0 aliphatic carbocycles. The van der Waals surface area contributed by atoms with Crippen LogP contribution >= 0.6 is 22.7 Å². The lowest BCUT2D eigenvalue weighted by Gasteiger charge is -2.02. The average Bonchev–Trinajstić information content (AvgIpc) is 2.98. The minimum atomic E-state index is -3.41. The fourth-order valence-corrected chi connectivity index (χ4v) is 4.20. The van der Waals surface area contributed by atoms with Crippen LogP contribution in [0.3, 0.4) is 0 Å². The van der Waals surface area contributed by atoms with Gasteiger partial charge < -0.3 is 5.73 Å². The Labute approximate surface area is 108 Å². The van der Waals surface area contributed by atoms with Gasteiger partial charge in [0.25, 0.3) is 0 Å². The van der Waals surface area contributed by atoms with Crippen LogP contribution in [0.1, 0.15) is 11.1 Å². The Kier molecular flexibility index (Phi) is 3.95. The van der Waals surface area contributed by atoms with Gasteiger partial charge in [0.15, 0.2) is 0 Å². The molecule has 2 rings (SSSR count). The van der Waals surface area contributed by atoms with E-state index < -0.39 is 10.0 Å². The van der Waals surface area contributed by atoms with Crippen LogP contribution < -0.4 is 10.5 Å². The molecule has 0 unspecified atom stereocenters. The molecule has 2 aromatic rings. The highest BCUT2D eigenvalue weighted by Crippen LogP contribution is 2.20. The molecule has 0 amide bonds. The van der Waals surface area contributed by atoms with E-state index in [9.17, 15) is 8.42 Å². The number of hydrogen-bond acceptors (Lipinski definition) is 5. The summed E-state index contributed by atoms with van der Waals surface area (Å²) in [6.45, 7) is 0.679. The molecule has 0 bridgehead atoms. The first kappa shape index (κ1) is 12.7. The van der Waals surface area contributed by atoms with Crippen molar-refractivity contribution in [2.24, 2.45) is 5.73 Å². The highest BCUT2D eigenvalue weighted by molar-refractivity contribution is 7.91. The third-order valence-electron chi connectivity index (χ3n) is 2.18. The van der Waals surface area contributed by atoms with Crippen molar-refractivity contribution in [1.82, 2.24) is 4.72 Å². The second-order valence-corrected chi connectivity index (χ2v) is 7.12. The maximum atomic E-state index is 11.9. The fourth-order valence-electron chi connectivity index (χ4n) is 1.24. The van der Waals surface area contributed by atoms with E-state index in [1.165, 1.54) is 11.3 Å². The van der Waals surface area contributed by atoms with Crippen LogP contribution in [0.2, 0.25) is 0 Å². The summed E-state index contributed by atoms with van der Waals surface area (Å²) in [5, 5.41) is 5.60. The summed E-state index contributed by atoms with van der Waals surface area (Å²) in [4.78, 5) is 0. The maximum absolute atomic E-state index is 11.9. The van der Waals surface area contributed by atoms with Crippen LogP contribution in [0.25, 0.3) is 0 Å². The molecule has 0 saturated carbocycles. The lowest BCUT2D eigenvalue weighted by molar-refractivity contribution is 0.583. The van der Waals surface area contributed by atoms with Crippen LogP contribution in [0.15, 0.2) is 32.5 Å². The third kappa shape index (κ3) is 3.14. The summed E-state index contributed by atoms with van der Waals surface area (Å²) < 4.78 is 26.7. The summed E-state index contributed by atoms with van der Waals surface area (Å²) in [7, 11) is -3.41. The molecule has 92 valence electrons. The standard InChI is InChI=1S/C10H12N2O2S3/c11-4-9-3-10(16-7-9)17(13,14)12-5-8-1-2-15-6-8/h1-3,6-7,12H,4-5,11H2. The summed E-state index contributed by atoms with van der Waals surface area (Å²) >= 11 is 2.74.